The number of ether oxygens (including phenoxy) is 1. The maximum Gasteiger partial charge on any atom is 0.258 e. The Balaban J connectivity index is 1.38. The molecule has 0 N–H and O–H groups in total. The van der Waals surface area contributed by atoms with Gasteiger partial charge < -0.3 is 14.5 Å². The van der Waals surface area contributed by atoms with Crippen LogP contribution in [-0.2, 0) is 0 Å². The van der Waals surface area contributed by atoms with E-state index in [0.717, 1.165) is 34.5 Å². The van der Waals surface area contributed by atoms with Crippen LogP contribution in [0.4, 0.5) is 5.13 Å². The highest BCUT2D eigenvalue weighted by Gasteiger charge is 2.27. The summed E-state index contributed by atoms with van der Waals surface area (Å²) >= 11 is 1.73. The van der Waals surface area contributed by atoms with Crippen molar-refractivity contribution in [3.05, 3.63) is 65.7 Å². The maximum atomic E-state index is 13.5. The van der Waals surface area contributed by atoms with E-state index in [0.29, 0.717) is 31.0 Å². The van der Waals surface area contributed by atoms with E-state index in [1.54, 1.807) is 11.3 Å². The first-order valence-electron chi connectivity index (χ1n) is 10.7. The molecule has 31 heavy (non-hydrogen) atoms. The number of thiazole rings is 1. The normalized spacial score (nSPS) is 14.4. The zero-order valence-corrected chi connectivity index (χ0v) is 18.6. The van der Waals surface area contributed by atoms with Gasteiger partial charge in [0.25, 0.3) is 5.91 Å². The van der Waals surface area contributed by atoms with Crippen molar-refractivity contribution in [2.75, 3.05) is 37.7 Å². The van der Waals surface area contributed by atoms with E-state index in [2.05, 4.69) is 30.0 Å². The topological polar surface area (TPSA) is 45.7 Å². The monoisotopic (exact) mass is 431 g/mol. The van der Waals surface area contributed by atoms with Crippen molar-refractivity contribution in [1.82, 2.24) is 9.88 Å². The van der Waals surface area contributed by atoms with Crippen LogP contribution in [0.25, 0.3) is 21.0 Å². The number of amides is 1. The van der Waals surface area contributed by atoms with Crippen LogP contribution in [0.15, 0.2) is 54.6 Å². The molecule has 1 aliphatic rings. The molecular weight excluding hydrogens is 406 g/mol. The fraction of sp³-hybridized carbons (Fsp3) is 0.280. The molecule has 1 aliphatic heterocycles. The van der Waals surface area contributed by atoms with Crippen molar-refractivity contribution in [2.45, 2.75) is 13.8 Å². The summed E-state index contributed by atoms with van der Waals surface area (Å²) < 4.78 is 7.04. The molecule has 0 aliphatic carbocycles. The third-order valence-corrected chi connectivity index (χ3v) is 6.85. The average Bonchev–Trinajstić information content (AvgIpc) is 3.22. The molecule has 158 valence electrons. The smallest absolute Gasteiger partial charge is 0.258 e. The second-order valence-corrected chi connectivity index (χ2v) is 8.85. The van der Waals surface area contributed by atoms with E-state index in [1.807, 2.05) is 48.2 Å². The number of hydrogen-bond acceptors (Lipinski definition) is 5. The lowest BCUT2D eigenvalue weighted by atomic mass is 10.0. The van der Waals surface area contributed by atoms with Gasteiger partial charge in [0.1, 0.15) is 5.75 Å². The van der Waals surface area contributed by atoms with Crippen LogP contribution in [0.2, 0.25) is 0 Å². The van der Waals surface area contributed by atoms with Crippen molar-refractivity contribution in [1.29, 1.82) is 0 Å². The van der Waals surface area contributed by atoms with Gasteiger partial charge in [-0.15, -0.1) is 0 Å². The van der Waals surface area contributed by atoms with Gasteiger partial charge in [0.05, 0.1) is 22.4 Å². The van der Waals surface area contributed by atoms with Crippen LogP contribution in [0.3, 0.4) is 0 Å². The molecule has 3 aromatic carbocycles. The van der Waals surface area contributed by atoms with Gasteiger partial charge in [-0.2, -0.15) is 0 Å². The average molecular weight is 432 g/mol. The van der Waals surface area contributed by atoms with Gasteiger partial charge in [-0.3, -0.25) is 4.79 Å². The summed E-state index contributed by atoms with van der Waals surface area (Å²) in [7, 11) is 0. The third kappa shape index (κ3) is 3.72. The molecule has 0 radical (unpaired) electrons. The molecule has 4 aromatic rings. The Bertz CT molecular complexity index is 1260. The van der Waals surface area contributed by atoms with Crippen molar-refractivity contribution in [3.8, 4) is 5.75 Å². The lowest BCUT2D eigenvalue weighted by Crippen LogP contribution is -2.48. The molecule has 0 bridgehead atoms. The van der Waals surface area contributed by atoms with E-state index in [1.165, 1.54) is 10.3 Å². The Morgan fingerprint density at radius 3 is 2.68 bits per heavy atom. The fourth-order valence-corrected chi connectivity index (χ4v) is 5.28. The predicted octanol–water partition coefficient (Wildman–Crippen LogP) is 5.12. The molecule has 1 fully saturated rings. The summed E-state index contributed by atoms with van der Waals surface area (Å²) in [5.41, 5.74) is 2.96. The van der Waals surface area contributed by atoms with Crippen molar-refractivity contribution in [2.24, 2.45) is 0 Å². The SMILES string of the molecule is CCOc1ccc2ccccc2c1C(=O)N1CCN(c2nc3ccc(C)cc3s2)CC1. The van der Waals surface area contributed by atoms with E-state index >= 15 is 0 Å². The van der Waals surface area contributed by atoms with Gasteiger partial charge in [-0.1, -0.05) is 47.7 Å². The lowest BCUT2D eigenvalue weighted by molar-refractivity contribution is 0.0744. The van der Waals surface area contributed by atoms with Crippen LogP contribution in [0.1, 0.15) is 22.8 Å². The highest BCUT2D eigenvalue weighted by Crippen LogP contribution is 2.32. The second-order valence-electron chi connectivity index (χ2n) is 7.84. The number of nitrogens with zero attached hydrogens (tertiary/aromatic N) is 3. The number of fused-ring (bicyclic) bond motifs is 2. The predicted molar refractivity (Wildman–Crippen MR) is 128 cm³/mol. The van der Waals surface area contributed by atoms with E-state index in [-0.39, 0.29) is 5.91 Å². The Morgan fingerprint density at radius 2 is 1.87 bits per heavy atom. The summed E-state index contributed by atoms with van der Waals surface area (Å²) in [5.74, 6) is 0.704. The van der Waals surface area contributed by atoms with Gasteiger partial charge in [0.15, 0.2) is 5.13 Å². The Morgan fingerprint density at radius 1 is 1.06 bits per heavy atom. The molecule has 2 heterocycles. The molecule has 1 aromatic heterocycles. The van der Waals surface area contributed by atoms with E-state index in [4.69, 9.17) is 9.72 Å². The van der Waals surface area contributed by atoms with Crippen molar-refractivity contribution in [3.63, 3.8) is 0 Å². The summed E-state index contributed by atoms with van der Waals surface area (Å²) in [6, 6.07) is 18.3. The minimum atomic E-state index is 0.0415. The van der Waals surface area contributed by atoms with Gasteiger partial charge in [0, 0.05) is 26.2 Å². The minimum absolute atomic E-state index is 0.0415. The zero-order valence-electron chi connectivity index (χ0n) is 17.8. The van der Waals surface area contributed by atoms with E-state index in [9.17, 15) is 4.79 Å². The largest absolute Gasteiger partial charge is 0.493 e. The Hall–Kier alpha value is -3.12. The number of rotatable bonds is 4. The first-order valence-corrected chi connectivity index (χ1v) is 11.5. The molecule has 0 saturated carbocycles. The zero-order chi connectivity index (χ0) is 21.4. The standard InChI is InChI=1S/C25H25N3O2S/c1-3-30-21-11-9-18-6-4-5-7-19(18)23(21)24(29)27-12-14-28(15-13-27)25-26-20-10-8-17(2)16-22(20)31-25/h4-11,16H,3,12-15H2,1-2H3. The number of benzene rings is 3. The molecule has 0 atom stereocenters. The van der Waals surface area contributed by atoms with Gasteiger partial charge in [-0.25, -0.2) is 4.98 Å². The summed E-state index contributed by atoms with van der Waals surface area (Å²) in [6.45, 7) is 7.47. The van der Waals surface area contributed by atoms with Crippen molar-refractivity contribution < 1.29 is 9.53 Å². The van der Waals surface area contributed by atoms with E-state index < -0.39 is 0 Å². The number of piperazine rings is 1. The number of aryl methyl sites for hydroxylation is 1. The number of anilines is 1. The van der Waals surface area contributed by atoms with Crippen LogP contribution in [-0.4, -0.2) is 48.6 Å². The Labute approximate surface area is 185 Å². The number of carbonyl (C=O) groups is 1. The minimum Gasteiger partial charge on any atom is -0.493 e. The molecule has 0 spiro atoms. The molecular formula is C25H25N3O2S. The van der Waals surface area contributed by atoms with Crippen molar-refractivity contribution >= 4 is 43.4 Å². The van der Waals surface area contributed by atoms with Crippen LogP contribution >= 0.6 is 11.3 Å². The maximum absolute atomic E-state index is 13.5. The summed E-state index contributed by atoms with van der Waals surface area (Å²) in [4.78, 5) is 22.6. The van der Waals surface area contributed by atoms with Gasteiger partial charge in [0.2, 0.25) is 0 Å². The summed E-state index contributed by atoms with van der Waals surface area (Å²) in [6.07, 6.45) is 0. The Kier molecular flexibility index (Phi) is 5.24. The second kappa shape index (κ2) is 8.19. The fourth-order valence-electron chi connectivity index (χ4n) is 4.16. The first-order chi connectivity index (χ1) is 15.1. The summed E-state index contributed by atoms with van der Waals surface area (Å²) in [5, 5.41) is 3.04. The number of aromatic nitrogens is 1. The van der Waals surface area contributed by atoms with Gasteiger partial charge >= 0.3 is 0 Å². The molecule has 6 heteroatoms. The first kappa shape index (κ1) is 19.8. The van der Waals surface area contributed by atoms with Crippen LogP contribution < -0.4 is 9.64 Å². The van der Waals surface area contributed by atoms with Crippen LogP contribution in [0, 0.1) is 6.92 Å². The number of hydrogen-bond donors (Lipinski definition) is 0. The molecule has 5 nitrogen and oxygen atoms in total. The number of carbonyl (C=O) groups excluding carboxylic acids is 1. The molecule has 0 unspecified atom stereocenters. The lowest BCUT2D eigenvalue weighted by Gasteiger charge is -2.35. The molecule has 1 amide bonds. The highest BCUT2D eigenvalue weighted by molar-refractivity contribution is 7.22. The molecule has 1 saturated heterocycles. The van der Waals surface area contributed by atoms with Gasteiger partial charge in [-0.05, 0) is 48.4 Å². The third-order valence-electron chi connectivity index (χ3n) is 5.77. The van der Waals surface area contributed by atoms with Crippen LogP contribution in [0.5, 0.6) is 5.75 Å². The quantitative estimate of drug-likeness (QED) is 0.450. The highest BCUT2D eigenvalue weighted by atomic mass is 32.1. The molecule has 5 rings (SSSR count).